The second-order valence-corrected chi connectivity index (χ2v) is 6.94. The molecule has 5 heteroatoms. The van der Waals surface area contributed by atoms with E-state index in [1.165, 1.54) is 0 Å². The molecule has 1 amide bonds. The van der Waals surface area contributed by atoms with Crippen molar-refractivity contribution in [2.45, 2.75) is 12.8 Å². The second kappa shape index (κ2) is 7.30. The molecule has 2 heterocycles. The number of nitrogens with one attached hydrogen (secondary N) is 1. The van der Waals surface area contributed by atoms with Crippen molar-refractivity contribution < 1.29 is 4.79 Å². The molecule has 1 aliphatic heterocycles. The lowest BCUT2D eigenvalue weighted by Crippen LogP contribution is -2.40. The van der Waals surface area contributed by atoms with E-state index < -0.39 is 0 Å². The Labute approximate surface area is 153 Å². The fourth-order valence-corrected chi connectivity index (χ4v) is 3.74. The van der Waals surface area contributed by atoms with Gasteiger partial charge in [-0.1, -0.05) is 12.1 Å². The molecule has 3 aromatic rings. The lowest BCUT2D eigenvalue weighted by atomic mass is 9.96. The van der Waals surface area contributed by atoms with Gasteiger partial charge in [0.25, 0.3) is 5.91 Å². The summed E-state index contributed by atoms with van der Waals surface area (Å²) in [6, 6.07) is 15.9. The quantitative estimate of drug-likeness (QED) is 0.788. The van der Waals surface area contributed by atoms with E-state index >= 15 is 0 Å². The van der Waals surface area contributed by atoms with Gasteiger partial charge in [-0.2, -0.15) is 0 Å². The second-order valence-electron chi connectivity index (χ2n) is 6.94. The van der Waals surface area contributed by atoms with Gasteiger partial charge in [0.1, 0.15) is 6.33 Å². The van der Waals surface area contributed by atoms with Crippen LogP contribution in [0.15, 0.2) is 54.9 Å². The van der Waals surface area contributed by atoms with E-state index in [0.717, 1.165) is 54.8 Å². The Hall–Kier alpha value is -2.66. The summed E-state index contributed by atoms with van der Waals surface area (Å²) in [6.45, 7) is 2.73. The number of likely N-dealkylation sites (tertiary alicyclic amines) is 1. The maximum Gasteiger partial charge on any atom is 0.253 e. The minimum Gasteiger partial charge on any atom is -0.339 e. The van der Waals surface area contributed by atoms with E-state index in [9.17, 15) is 4.79 Å². The molecule has 0 unspecified atom stereocenters. The number of piperidine rings is 1. The number of imidazole rings is 1. The summed E-state index contributed by atoms with van der Waals surface area (Å²) in [5.41, 5.74) is 3.81. The zero-order valence-electron chi connectivity index (χ0n) is 15.1. The van der Waals surface area contributed by atoms with Gasteiger partial charge in [-0.3, -0.25) is 9.36 Å². The molecule has 0 radical (unpaired) electrons. The molecule has 0 saturated carbocycles. The molecule has 26 heavy (non-hydrogen) atoms. The largest absolute Gasteiger partial charge is 0.339 e. The molecule has 134 valence electrons. The van der Waals surface area contributed by atoms with Crippen molar-refractivity contribution in [3.05, 3.63) is 60.4 Å². The van der Waals surface area contributed by atoms with Crippen LogP contribution >= 0.6 is 0 Å². The molecule has 1 fully saturated rings. The van der Waals surface area contributed by atoms with Gasteiger partial charge in [-0.25, -0.2) is 4.98 Å². The lowest BCUT2D eigenvalue weighted by Gasteiger charge is -2.32. The number of para-hydroxylation sites is 2. The first-order valence-corrected chi connectivity index (χ1v) is 9.22. The summed E-state index contributed by atoms with van der Waals surface area (Å²) in [5.74, 6) is 0.816. The molecule has 5 nitrogen and oxygen atoms in total. The van der Waals surface area contributed by atoms with Crippen LogP contribution < -0.4 is 5.32 Å². The predicted octanol–water partition coefficient (Wildman–Crippen LogP) is 3.10. The van der Waals surface area contributed by atoms with Crippen LogP contribution in [0, 0.1) is 5.92 Å². The molecule has 0 bridgehead atoms. The van der Waals surface area contributed by atoms with Crippen molar-refractivity contribution in [1.82, 2.24) is 19.8 Å². The molecule has 4 rings (SSSR count). The van der Waals surface area contributed by atoms with Crippen molar-refractivity contribution in [3.8, 4) is 5.69 Å². The number of benzene rings is 2. The first-order chi connectivity index (χ1) is 12.8. The number of amides is 1. The van der Waals surface area contributed by atoms with Gasteiger partial charge in [0.2, 0.25) is 0 Å². The Morgan fingerprint density at radius 1 is 1.12 bits per heavy atom. The minimum absolute atomic E-state index is 0.134. The van der Waals surface area contributed by atoms with Crippen molar-refractivity contribution in [3.63, 3.8) is 0 Å². The van der Waals surface area contributed by atoms with Gasteiger partial charge in [-0.05, 0) is 68.8 Å². The van der Waals surface area contributed by atoms with Crippen LogP contribution in [0.4, 0.5) is 0 Å². The fourth-order valence-electron chi connectivity index (χ4n) is 3.74. The number of nitrogens with zero attached hydrogens (tertiary/aromatic N) is 3. The lowest BCUT2D eigenvalue weighted by molar-refractivity contribution is 0.0691. The highest BCUT2D eigenvalue weighted by molar-refractivity contribution is 5.94. The monoisotopic (exact) mass is 348 g/mol. The van der Waals surface area contributed by atoms with Crippen LogP contribution in [0.3, 0.4) is 0 Å². The third-order valence-corrected chi connectivity index (χ3v) is 5.24. The molecular formula is C21H24N4O. The van der Waals surface area contributed by atoms with Gasteiger partial charge in [0.05, 0.1) is 11.0 Å². The van der Waals surface area contributed by atoms with E-state index in [4.69, 9.17) is 0 Å². The minimum atomic E-state index is 0.134. The van der Waals surface area contributed by atoms with Crippen LogP contribution in [0.5, 0.6) is 0 Å². The summed E-state index contributed by atoms with van der Waals surface area (Å²) < 4.78 is 2.05. The smallest absolute Gasteiger partial charge is 0.253 e. The number of rotatable bonds is 4. The van der Waals surface area contributed by atoms with Gasteiger partial charge < -0.3 is 10.2 Å². The zero-order chi connectivity index (χ0) is 17.9. The van der Waals surface area contributed by atoms with Crippen molar-refractivity contribution >= 4 is 16.9 Å². The van der Waals surface area contributed by atoms with Gasteiger partial charge in [0.15, 0.2) is 0 Å². The average molecular weight is 348 g/mol. The van der Waals surface area contributed by atoms with E-state index in [2.05, 4.69) is 16.4 Å². The number of carbonyl (C=O) groups excluding carboxylic acids is 1. The topological polar surface area (TPSA) is 50.2 Å². The van der Waals surface area contributed by atoms with E-state index in [0.29, 0.717) is 5.92 Å². The van der Waals surface area contributed by atoms with Crippen molar-refractivity contribution in [2.24, 2.45) is 5.92 Å². The summed E-state index contributed by atoms with van der Waals surface area (Å²) in [4.78, 5) is 19.2. The van der Waals surface area contributed by atoms with E-state index in [1.54, 1.807) is 0 Å². The average Bonchev–Trinajstić information content (AvgIpc) is 3.13. The standard InChI is InChI=1S/C21H24N4O/c1-22-14-16-10-12-24(13-11-16)21(26)17-6-8-18(9-7-17)25-15-23-19-4-2-3-5-20(19)25/h2-9,15-16,22H,10-14H2,1H3. The van der Waals surface area contributed by atoms with Crippen LogP contribution in [-0.2, 0) is 0 Å². The Balaban J connectivity index is 1.49. The molecule has 1 N–H and O–H groups in total. The van der Waals surface area contributed by atoms with E-state index in [1.807, 2.05) is 65.3 Å². The maximum absolute atomic E-state index is 12.8. The molecule has 1 aliphatic rings. The number of hydrogen-bond acceptors (Lipinski definition) is 3. The zero-order valence-corrected chi connectivity index (χ0v) is 15.1. The number of fused-ring (bicyclic) bond motifs is 1. The highest BCUT2D eigenvalue weighted by Crippen LogP contribution is 2.21. The Bertz CT molecular complexity index is 892. The predicted molar refractivity (Wildman–Crippen MR) is 104 cm³/mol. The number of hydrogen-bond donors (Lipinski definition) is 1. The first kappa shape index (κ1) is 16.8. The maximum atomic E-state index is 12.8. The fraction of sp³-hybridized carbons (Fsp3) is 0.333. The normalized spacial score (nSPS) is 15.5. The highest BCUT2D eigenvalue weighted by atomic mass is 16.2. The molecule has 1 saturated heterocycles. The highest BCUT2D eigenvalue weighted by Gasteiger charge is 2.23. The van der Waals surface area contributed by atoms with Crippen LogP contribution in [0.25, 0.3) is 16.7 Å². The summed E-state index contributed by atoms with van der Waals surface area (Å²) >= 11 is 0. The number of carbonyl (C=O) groups is 1. The summed E-state index contributed by atoms with van der Waals surface area (Å²) in [5, 5.41) is 3.23. The first-order valence-electron chi connectivity index (χ1n) is 9.22. The Morgan fingerprint density at radius 3 is 2.58 bits per heavy atom. The molecule has 0 spiro atoms. The molecule has 2 aromatic carbocycles. The van der Waals surface area contributed by atoms with Gasteiger partial charge in [0, 0.05) is 24.3 Å². The molecule has 1 aromatic heterocycles. The molecular weight excluding hydrogens is 324 g/mol. The van der Waals surface area contributed by atoms with Gasteiger partial charge >= 0.3 is 0 Å². The Kier molecular flexibility index (Phi) is 4.71. The third-order valence-electron chi connectivity index (χ3n) is 5.24. The van der Waals surface area contributed by atoms with Gasteiger partial charge in [-0.15, -0.1) is 0 Å². The summed E-state index contributed by atoms with van der Waals surface area (Å²) in [6.07, 6.45) is 3.98. The van der Waals surface area contributed by atoms with Crippen LogP contribution in [0.2, 0.25) is 0 Å². The SMILES string of the molecule is CNCC1CCN(C(=O)c2ccc(-n3cnc4ccccc43)cc2)CC1. The number of aromatic nitrogens is 2. The van der Waals surface area contributed by atoms with E-state index in [-0.39, 0.29) is 5.91 Å². The molecule has 0 atom stereocenters. The van der Waals surface area contributed by atoms with Crippen molar-refractivity contribution in [2.75, 3.05) is 26.7 Å². The summed E-state index contributed by atoms with van der Waals surface area (Å²) in [7, 11) is 1.99. The molecule has 0 aliphatic carbocycles. The van der Waals surface area contributed by atoms with Crippen LogP contribution in [-0.4, -0.2) is 47.0 Å². The van der Waals surface area contributed by atoms with Crippen molar-refractivity contribution in [1.29, 1.82) is 0 Å². The Morgan fingerprint density at radius 2 is 1.85 bits per heavy atom. The third kappa shape index (κ3) is 3.22. The van der Waals surface area contributed by atoms with Crippen LogP contribution in [0.1, 0.15) is 23.2 Å².